The minimum atomic E-state index is -1.11. The third kappa shape index (κ3) is 9.72. The summed E-state index contributed by atoms with van der Waals surface area (Å²) < 4.78 is 11.3. The molecule has 332 valence electrons. The van der Waals surface area contributed by atoms with Crippen LogP contribution in [0.5, 0.6) is 0 Å². The number of esters is 2. The molecule has 1 fully saturated rings. The van der Waals surface area contributed by atoms with Crippen LogP contribution in [0.4, 0.5) is 5.13 Å². The van der Waals surface area contributed by atoms with Crippen molar-refractivity contribution < 1.29 is 38.3 Å². The molecule has 3 heterocycles. The van der Waals surface area contributed by atoms with Crippen molar-refractivity contribution in [1.82, 2.24) is 15.2 Å². The van der Waals surface area contributed by atoms with E-state index in [0.29, 0.717) is 10.7 Å². The summed E-state index contributed by atoms with van der Waals surface area (Å²) in [7, 11) is 0. The van der Waals surface area contributed by atoms with Crippen LogP contribution in [-0.2, 0) is 43.8 Å². The van der Waals surface area contributed by atoms with Crippen molar-refractivity contribution in [3.8, 4) is 0 Å². The molecule has 2 N–H and O–H groups in total. The van der Waals surface area contributed by atoms with Crippen molar-refractivity contribution in [3.05, 3.63) is 214 Å². The maximum absolute atomic E-state index is 14.4. The lowest BCUT2D eigenvalue weighted by atomic mass is 9.77. The molecule has 2 atom stereocenters. The number of nitrogens with zero attached hydrogens (tertiary/aromatic N) is 3. The second-order valence-corrected chi connectivity index (χ2v) is 17.0. The van der Waals surface area contributed by atoms with Gasteiger partial charge in [-0.05, 0) is 39.5 Å². The Kier molecular flexibility index (Phi) is 14.0. The molecule has 2 aliphatic heterocycles. The largest absolute Gasteiger partial charge is 0.462 e. The highest BCUT2D eigenvalue weighted by molar-refractivity contribution is 8.00. The molecule has 5 aromatic carbocycles. The second-order valence-electron chi connectivity index (χ2n) is 15.1. The van der Waals surface area contributed by atoms with Gasteiger partial charge in [0.05, 0.1) is 0 Å². The van der Waals surface area contributed by atoms with Crippen LogP contribution in [0.3, 0.4) is 0 Å². The van der Waals surface area contributed by atoms with E-state index in [1.807, 2.05) is 152 Å². The van der Waals surface area contributed by atoms with Crippen molar-refractivity contribution in [1.29, 1.82) is 0 Å². The molecule has 8 rings (SSSR count). The minimum absolute atomic E-state index is 0.00654. The van der Waals surface area contributed by atoms with Gasteiger partial charge < -0.3 is 24.9 Å². The summed E-state index contributed by atoms with van der Waals surface area (Å²) in [5, 5.41) is 11.7. The van der Waals surface area contributed by atoms with Crippen molar-refractivity contribution in [3.63, 3.8) is 0 Å². The molecule has 1 saturated heterocycles. The summed E-state index contributed by atoms with van der Waals surface area (Å²) >= 11 is 2.54. The number of allylic oxidation sites excluding steroid dienone is 1. The fourth-order valence-electron chi connectivity index (χ4n) is 7.77. The van der Waals surface area contributed by atoms with Crippen LogP contribution in [0.15, 0.2) is 186 Å². The van der Waals surface area contributed by atoms with Crippen LogP contribution in [0, 0.1) is 0 Å². The summed E-state index contributed by atoms with van der Waals surface area (Å²) in [5.74, 6) is -3.19. The Labute approximate surface area is 389 Å². The Morgan fingerprint density at radius 2 is 1.32 bits per heavy atom. The monoisotopic (exact) mass is 917 g/mol. The number of hydrogen-bond donors (Lipinski definition) is 2. The molecular weight excluding hydrogens is 875 g/mol. The lowest BCUT2D eigenvalue weighted by Crippen LogP contribution is -2.71. The molecule has 0 saturated carbocycles. The number of fused-ring (bicyclic) bond motifs is 1. The van der Waals surface area contributed by atoms with Gasteiger partial charge in [0, 0.05) is 25.0 Å². The number of carbonyl (C=O) groups is 5. The number of amides is 2. The van der Waals surface area contributed by atoms with E-state index in [0.717, 1.165) is 34.7 Å². The van der Waals surface area contributed by atoms with Crippen LogP contribution in [0.2, 0.25) is 0 Å². The highest BCUT2D eigenvalue weighted by Gasteiger charge is 2.55. The summed E-state index contributed by atoms with van der Waals surface area (Å²) in [6.07, 6.45) is 2.40. The molecule has 0 spiro atoms. The first-order valence-corrected chi connectivity index (χ1v) is 22.8. The molecule has 2 amide bonds. The van der Waals surface area contributed by atoms with Gasteiger partial charge in [-0.1, -0.05) is 163 Å². The van der Waals surface area contributed by atoms with Gasteiger partial charge in [0.1, 0.15) is 35.0 Å². The van der Waals surface area contributed by atoms with Gasteiger partial charge in [-0.2, -0.15) is 0 Å². The zero-order valence-corrected chi connectivity index (χ0v) is 37.4. The topological polar surface area (TPSA) is 166 Å². The van der Waals surface area contributed by atoms with Gasteiger partial charge in [-0.25, -0.2) is 14.6 Å². The number of benzene rings is 5. The van der Waals surface area contributed by atoms with Gasteiger partial charge in [0.2, 0.25) is 0 Å². The smallest absolute Gasteiger partial charge is 0.356 e. The van der Waals surface area contributed by atoms with Gasteiger partial charge in [0.25, 0.3) is 11.8 Å². The maximum atomic E-state index is 14.4. The summed E-state index contributed by atoms with van der Waals surface area (Å²) in [6, 6.07) is 47.1. The molecule has 1 aromatic heterocycles. The van der Waals surface area contributed by atoms with Crippen molar-refractivity contribution in [2.45, 2.75) is 36.9 Å². The summed E-state index contributed by atoms with van der Waals surface area (Å²) in [4.78, 5) is 77.6. The Balaban J connectivity index is 1.08. The van der Waals surface area contributed by atoms with Gasteiger partial charge >= 0.3 is 17.9 Å². The number of rotatable bonds is 16. The van der Waals surface area contributed by atoms with E-state index < -0.39 is 52.8 Å². The van der Waals surface area contributed by atoms with Crippen molar-refractivity contribution in [2.24, 2.45) is 5.16 Å². The van der Waals surface area contributed by atoms with E-state index in [1.165, 1.54) is 34.9 Å². The molecule has 2 aliphatic rings. The van der Waals surface area contributed by atoms with E-state index in [9.17, 15) is 24.0 Å². The molecule has 1 unspecified atom stereocenters. The molecule has 6 aromatic rings. The molecule has 15 heteroatoms. The van der Waals surface area contributed by atoms with E-state index in [2.05, 4.69) is 15.8 Å². The first kappa shape index (κ1) is 45.0. The zero-order valence-electron chi connectivity index (χ0n) is 35.7. The van der Waals surface area contributed by atoms with Crippen LogP contribution in [0.25, 0.3) is 0 Å². The van der Waals surface area contributed by atoms with Gasteiger partial charge in [-0.15, -0.1) is 23.1 Å². The molecule has 13 nitrogen and oxygen atoms in total. The number of thiazole rings is 1. The van der Waals surface area contributed by atoms with Crippen LogP contribution in [0.1, 0.15) is 53.5 Å². The predicted molar refractivity (Wildman–Crippen MR) is 252 cm³/mol. The first-order valence-electron chi connectivity index (χ1n) is 20.9. The highest BCUT2D eigenvalue weighted by Crippen LogP contribution is 2.43. The third-order valence-corrected chi connectivity index (χ3v) is 12.8. The van der Waals surface area contributed by atoms with Crippen molar-refractivity contribution in [2.75, 3.05) is 17.7 Å². The SMILES string of the molecule is CC(=O)OC/C=C\C1=C(C(=O)OC(c2ccccc2)c2ccccc2)N2C(=O)C(NC(=O)/C(=N\OC(C)=O)c3csc(NC(c4ccccc4)(c4ccccc4)c4ccccc4)n3)[C@H]2SC1. The number of hydrogen-bond acceptors (Lipinski definition) is 13. The molecule has 66 heavy (non-hydrogen) atoms. The average molecular weight is 918 g/mol. The van der Waals surface area contributed by atoms with Gasteiger partial charge in [-0.3, -0.25) is 19.3 Å². The molecule has 0 radical (unpaired) electrons. The number of anilines is 1. The van der Waals surface area contributed by atoms with Crippen LogP contribution in [-0.4, -0.2) is 69.1 Å². The van der Waals surface area contributed by atoms with E-state index in [-0.39, 0.29) is 29.5 Å². The quantitative estimate of drug-likeness (QED) is 0.0242. The number of ether oxygens (including phenoxy) is 2. The number of oxime groups is 1. The average Bonchev–Trinajstić information content (AvgIpc) is 3.81. The Morgan fingerprint density at radius 3 is 1.83 bits per heavy atom. The Morgan fingerprint density at radius 1 is 0.788 bits per heavy atom. The molecule has 0 aliphatic carbocycles. The number of nitrogens with one attached hydrogen (secondary N) is 2. The standard InChI is InChI=1S/C51H43N5O8S2/c1-33(57)62-30-18-23-37-31-65-48-43(47(60)56(48)44(37)49(61)63-45(35-19-8-3-9-20-35)36-21-10-4-11-22-36)53-46(59)42(55-64-34(2)58)41-32-66-50(52-41)54-51(38-24-12-5-13-25-38,39-26-14-6-15-27-39)40-28-16-7-17-29-40/h3-29,32,43,45,48H,30-31H2,1-2H3,(H,52,54)(H,53,59)/b23-18-,55-42-/t43?,48-/m1/s1. The van der Waals surface area contributed by atoms with E-state index >= 15 is 0 Å². The van der Waals surface area contributed by atoms with Crippen molar-refractivity contribution >= 4 is 63.7 Å². The van der Waals surface area contributed by atoms with Crippen LogP contribution >= 0.6 is 23.1 Å². The fourth-order valence-corrected chi connectivity index (χ4v) is 9.84. The number of aromatic nitrogens is 1. The second kappa shape index (κ2) is 20.5. The summed E-state index contributed by atoms with van der Waals surface area (Å²) in [6.45, 7) is 2.39. The zero-order chi connectivity index (χ0) is 46.0. The highest BCUT2D eigenvalue weighted by atomic mass is 32.2. The summed E-state index contributed by atoms with van der Waals surface area (Å²) in [5.41, 5.74) is 3.49. The Bertz CT molecular complexity index is 2670. The normalized spacial score (nSPS) is 16.0. The first-order chi connectivity index (χ1) is 32.1. The lowest BCUT2D eigenvalue weighted by Gasteiger charge is -2.49. The molecule has 0 bridgehead atoms. The number of thioether (sulfide) groups is 1. The maximum Gasteiger partial charge on any atom is 0.356 e. The number of carbonyl (C=O) groups excluding carboxylic acids is 5. The van der Waals surface area contributed by atoms with Gasteiger partial charge in [0.15, 0.2) is 16.9 Å². The van der Waals surface area contributed by atoms with E-state index in [1.54, 1.807) is 17.5 Å². The minimum Gasteiger partial charge on any atom is -0.462 e. The van der Waals surface area contributed by atoms with Crippen LogP contribution < -0.4 is 10.6 Å². The number of β-lactam (4-membered cyclic amide) rings is 1. The third-order valence-electron chi connectivity index (χ3n) is 10.8. The Hall–Kier alpha value is -7.62. The molecular formula is C51H43N5O8S2. The predicted octanol–water partition coefficient (Wildman–Crippen LogP) is 7.92. The van der Waals surface area contributed by atoms with E-state index in [4.69, 9.17) is 19.3 Å². The fraction of sp³-hybridized carbons (Fsp3) is 0.157. The lowest BCUT2D eigenvalue weighted by molar-refractivity contribution is -0.154.